The molecule has 4 aromatic rings. The van der Waals surface area contributed by atoms with Gasteiger partial charge in [-0.3, -0.25) is 4.79 Å². The SMILES string of the molecule is COc1ccc(-c2noc(CCC(=O)N3CCC[C@H]3c3nc4ccccc4s3)n2)cc1OC. The van der Waals surface area contributed by atoms with Crippen LogP contribution in [0.2, 0.25) is 0 Å². The summed E-state index contributed by atoms with van der Waals surface area (Å²) >= 11 is 1.67. The van der Waals surface area contributed by atoms with Crippen LogP contribution in [0.25, 0.3) is 21.6 Å². The number of nitrogens with zero attached hydrogens (tertiary/aromatic N) is 4. The number of benzene rings is 2. The molecule has 1 aliphatic heterocycles. The van der Waals surface area contributed by atoms with Gasteiger partial charge in [-0.05, 0) is 43.2 Å². The topological polar surface area (TPSA) is 90.6 Å². The van der Waals surface area contributed by atoms with Crippen LogP contribution in [0.15, 0.2) is 47.0 Å². The molecule has 0 radical (unpaired) electrons. The fraction of sp³-hybridized carbons (Fsp3) is 0.333. The number of thiazole rings is 1. The second-order valence-corrected chi connectivity index (χ2v) is 8.91. The molecule has 1 atom stereocenters. The van der Waals surface area contributed by atoms with Gasteiger partial charge < -0.3 is 18.9 Å². The molecular weight excluding hydrogens is 440 g/mol. The quantitative estimate of drug-likeness (QED) is 0.393. The molecule has 1 aliphatic rings. The fourth-order valence-corrected chi connectivity index (χ4v) is 5.28. The molecule has 33 heavy (non-hydrogen) atoms. The molecule has 9 heteroatoms. The number of methoxy groups -OCH3 is 2. The molecule has 0 N–H and O–H groups in total. The molecule has 1 fully saturated rings. The maximum absolute atomic E-state index is 13.0. The van der Waals surface area contributed by atoms with Crippen molar-refractivity contribution in [3.05, 3.63) is 53.4 Å². The number of aryl methyl sites for hydroxylation is 1. The lowest BCUT2D eigenvalue weighted by atomic mass is 10.2. The van der Waals surface area contributed by atoms with Gasteiger partial charge >= 0.3 is 0 Å². The molecule has 5 rings (SSSR count). The number of hydrogen-bond acceptors (Lipinski definition) is 8. The third-order valence-corrected chi connectivity index (χ3v) is 6.97. The van der Waals surface area contributed by atoms with E-state index in [9.17, 15) is 4.79 Å². The summed E-state index contributed by atoms with van der Waals surface area (Å²) < 4.78 is 17.2. The van der Waals surface area contributed by atoms with Crippen LogP contribution in [-0.2, 0) is 11.2 Å². The number of carbonyl (C=O) groups is 1. The molecule has 1 saturated heterocycles. The van der Waals surface area contributed by atoms with E-state index in [1.807, 2.05) is 29.2 Å². The Balaban J connectivity index is 1.25. The molecule has 170 valence electrons. The zero-order chi connectivity index (χ0) is 22.8. The van der Waals surface area contributed by atoms with E-state index in [1.54, 1.807) is 37.7 Å². The number of hydrogen-bond donors (Lipinski definition) is 0. The Hall–Kier alpha value is -3.46. The first kappa shape index (κ1) is 21.4. The average molecular weight is 465 g/mol. The Bertz CT molecular complexity index is 1250. The van der Waals surface area contributed by atoms with Gasteiger partial charge in [-0.1, -0.05) is 17.3 Å². The molecule has 0 saturated carbocycles. The van der Waals surface area contributed by atoms with Crippen molar-refractivity contribution in [2.24, 2.45) is 0 Å². The van der Waals surface area contributed by atoms with Gasteiger partial charge in [0.1, 0.15) is 5.01 Å². The second kappa shape index (κ2) is 9.19. The standard InChI is InChI=1S/C24H24N4O4S/c1-30-18-10-9-15(14-19(18)31-2)23-26-21(32-27-23)11-12-22(29)28-13-5-7-17(28)24-25-16-6-3-4-8-20(16)33-24/h3-4,6,8-10,14,17H,5,7,11-13H2,1-2H3/t17-/m0/s1. The summed E-state index contributed by atoms with van der Waals surface area (Å²) in [4.78, 5) is 24.2. The van der Waals surface area contributed by atoms with Gasteiger partial charge in [-0.2, -0.15) is 4.98 Å². The van der Waals surface area contributed by atoms with Crippen LogP contribution in [0.4, 0.5) is 0 Å². The summed E-state index contributed by atoms with van der Waals surface area (Å²) in [5.74, 6) is 2.19. The number of likely N-dealkylation sites (tertiary alicyclic amines) is 1. The minimum atomic E-state index is 0.0416. The zero-order valence-corrected chi connectivity index (χ0v) is 19.3. The molecule has 3 heterocycles. The molecule has 1 amide bonds. The van der Waals surface area contributed by atoms with Gasteiger partial charge in [0, 0.05) is 24.9 Å². The highest BCUT2D eigenvalue weighted by atomic mass is 32.1. The van der Waals surface area contributed by atoms with Crippen LogP contribution in [-0.4, -0.2) is 46.7 Å². The number of fused-ring (bicyclic) bond motifs is 1. The lowest BCUT2D eigenvalue weighted by molar-refractivity contribution is -0.132. The third kappa shape index (κ3) is 4.28. The summed E-state index contributed by atoms with van der Waals surface area (Å²) in [5.41, 5.74) is 1.75. The monoisotopic (exact) mass is 464 g/mol. The summed E-state index contributed by atoms with van der Waals surface area (Å²) in [6.45, 7) is 0.750. The van der Waals surface area contributed by atoms with E-state index in [-0.39, 0.29) is 11.9 Å². The van der Waals surface area contributed by atoms with E-state index in [0.29, 0.717) is 36.1 Å². The van der Waals surface area contributed by atoms with Crippen LogP contribution in [0.1, 0.15) is 36.2 Å². The van der Waals surface area contributed by atoms with E-state index in [4.69, 9.17) is 19.0 Å². The fourth-order valence-electron chi connectivity index (χ4n) is 4.16. The van der Waals surface area contributed by atoms with E-state index in [1.165, 1.54) is 0 Å². The first-order chi connectivity index (χ1) is 16.2. The summed E-state index contributed by atoms with van der Waals surface area (Å²) in [7, 11) is 3.16. The number of ether oxygens (including phenoxy) is 2. The van der Waals surface area contributed by atoms with E-state index < -0.39 is 0 Å². The van der Waals surface area contributed by atoms with Crippen LogP contribution in [0, 0.1) is 0 Å². The van der Waals surface area contributed by atoms with Crippen LogP contribution in [0.3, 0.4) is 0 Å². The zero-order valence-electron chi connectivity index (χ0n) is 18.5. The Labute approximate surface area is 195 Å². The number of carbonyl (C=O) groups excluding carboxylic acids is 1. The van der Waals surface area contributed by atoms with Gasteiger partial charge in [0.2, 0.25) is 17.6 Å². The molecule has 0 spiro atoms. The normalized spacial score (nSPS) is 15.8. The molecule has 0 aliphatic carbocycles. The lowest BCUT2D eigenvalue weighted by Gasteiger charge is -2.22. The van der Waals surface area contributed by atoms with Crippen molar-refractivity contribution in [1.82, 2.24) is 20.0 Å². The molecule has 2 aromatic heterocycles. The average Bonchev–Trinajstić information content (AvgIpc) is 3.60. The van der Waals surface area contributed by atoms with Crippen LogP contribution < -0.4 is 9.47 Å². The molecule has 0 bridgehead atoms. The van der Waals surface area contributed by atoms with Gasteiger partial charge in [0.15, 0.2) is 11.5 Å². The Morgan fingerprint density at radius 2 is 2.00 bits per heavy atom. The highest BCUT2D eigenvalue weighted by Crippen LogP contribution is 2.37. The summed E-state index contributed by atoms with van der Waals surface area (Å²) in [5, 5.41) is 5.07. The first-order valence-corrected chi connectivity index (χ1v) is 11.7. The number of amides is 1. The highest BCUT2D eigenvalue weighted by molar-refractivity contribution is 7.18. The molecule has 0 unspecified atom stereocenters. The minimum absolute atomic E-state index is 0.0416. The van der Waals surface area contributed by atoms with Gasteiger partial charge in [-0.15, -0.1) is 11.3 Å². The Kier molecular flexibility index (Phi) is 5.95. The van der Waals surface area contributed by atoms with Crippen molar-refractivity contribution in [2.45, 2.75) is 31.7 Å². The highest BCUT2D eigenvalue weighted by Gasteiger charge is 2.32. The van der Waals surface area contributed by atoms with E-state index in [2.05, 4.69) is 16.2 Å². The summed E-state index contributed by atoms with van der Waals surface area (Å²) in [6.07, 6.45) is 2.63. The second-order valence-electron chi connectivity index (χ2n) is 7.85. The number of para-hydroxylation sites is 1. The minimum Gasteiger partial charge on any atom is -0.493 e. The molecular formula is C24H24N4O4S. The Morgan fingerprint density at radius 1 is 1.15 bits per heavy atom. The number of rotatable bonds is 7. The van der Waals surface area contributed by atoms with Gasteiger partial charge in [0.25, 0.3) is 0 Å². The number of aromatic nitrogens is 3. The van der Waals surface area contributed by atoms with Crippen molar-refractivity contribution in [3.8, 4) is 22.9 Å². The van der Waals surface area contributed by atoms with Crippen molar-refractivity contribution in [2.75, 3.05) is 20.8 Å². The maximum Gasteiger partial charge on any atom is 0.227 e. The predicted octanol–water partition coefficient (Wildman–Crippen LogP) is 4.66. The van der Waals surface area contributed by atoms with E-state index >= 15 is 0 Å². The lowest BCUT2D eigenvalue weighted by Crippen LogP contribution is -2.30. The van der Waals surface area contributed by atoms with Gasteiger partial charge in [-0.25, -0.2) is 4.98 Å². The first-order valence-electron chi connectivity index (χ1n) is 10.9. The van der Waals surface area contributed by atoms with Crippen molar-refractivity contribution < 1.29 is 18.8 Å². The Morgan fingerprint density at radius 3 is 2.82 bits per heavy atom. The van der Waals surface area contributed by atoms with Gasteiger partial charge in [0.05, 0.1) is 30.5 Å². The predicted molar refractivity (Wildman–Crippen MR) is 124 cm³/mol. The van der Waals surface area contributed by atoms with E-state index in [0.717, 1.165) is 40.2 Å². The van der Waals surface area contributed by atoms with Crippen molar-refractivity contribution >= 4 is 27.5 Å². The third-order valence-electron chi connectivity index (χ3n) is 5.83. The van der Waals surface area contributed by atoms with Crippen LogP contribution in [0.5, 0.6) is 11.5 Å². The van der Waals surface area contributed by atoms with Crippen molar-refractivity contribution in [1.29, 1.82) is 0 Å². The van der Waals surface area contributed by atoms with Crippen LogP contribution >= 0.6 is 11.3 Å². The smallest absolute Gasteiger partial charge is 0.227 e. The maximum atomic E-state index is 13.0. The molecule has 2 aromatic carbocycles. The summed E-state index contributed by atoms with van der Waals surface area (Å²) in [6, 6.07) is 13.6. The largest absolute Gasteiger partial charge is 0.493 e. The van der Waals surface area contributed by atoms with Crippen molar-refractivity contribution in [3.63, 3.8) is 0 Å². The molecule has 8 nitrogen and oxygen atoms in total.